The zero-order valence-corrected chi connectivity index (χ0v) is 15.8. The summed E-state index contributed by atoms with van der Waals surface area (Å²) in [6.45, 7) is 4.46. The molecule has 4 rings (SSSR count). The summed E-state index contributed by atoms with van der Waals surface area (Å²) in [7, 11) is 0. The van der Waals surface area contributed by atoms with Gasteiger partial charge >= 0.3 is 0 Å². The van der Waals surface area contributed by atoms with E-state index in [2.05, 4.69) is 11.0 Å². The van der Waals surface area contributed by atoms with Crippen LogP contribution >= 0.6 is 0 Å². The standard InChI is InChI=1S/C23H23N3O2/c24-15-18-6-8-19(9-7-18)16-25-10-3-11-26(13-12-25)23(27)21-14-20-4-1-2-5-22(20)28-17-21/h1-2,4-9,14H,3,10-13,16-17H2. The molecule has 1 fully saturated rings. The molecule has 0 radical (unpaired) electrons. The van der Waals surface area contributed by atoms with E-state index in [-0.39, 0.29) is 5.91 Å². The van der Waals surface area contributed by atoms with Gasteiger partial charge in [-0.05, 0) is 36.3 Å². The van der Waals surface area contributed by atoms with E-state index in [1.807, 2.05) is 59.5 Å². The maximum Gasteiger partial charge on any atom is 0.253 e. The zero-order valence-electron chi connectivity index (χ0n) is 15.8. The Kier molecular flexibility index (Phi) is 5.41. The molecule has 142 valence electrons. The summed E-state index contributed by atoms with van der Waals surface area (Å²) < 4.78 is 5.75. The summed E-state index contributed by atoms with van der Waals surface area (Å²) in [4.78, 5) is 17.3. The molecule has 0 unspecified atom stereocenters. The van der Waals surface area contributed by atoms with Crippen LogP contribution in [0.1, 0.15) is 23.1 Å². The highest BCUT2D eigenvalue weighted by molar-refractivity contribution is 5.99. The number of hydrogen-bond donors (Lipinski definition) is 0. The van der Waals surface area contributed by atoms with E-state index in [1.165, 1.54) is 5.56 Å². The molecule has 0 N–H and O–H groups in total. The summed E-state index contributed by atoms with van der Waals surface area (Å²) in [5, 5.41) is 8.92. The number of ether oxygens (including phenoxy) is 1. The molecule has 0 aliphatic carbocycles. The minimum Gasteiger partial charge on any atom is -0.488 e. The Labute approximate surface area is 165 Å². The molecule has 2 aliphatic rings. The van der Waals surface area contributed by atoms with Crippen LogP contribution in [0.2, 0.25) is 0 Å². The average molecular weight is 373 g/mol. The highest BCUT2D eigenvalue weighted by atomic mass is 16.5. The number of hydrogen-bond acceptors (Lipinski definition) is 4. The van der Waals surface area contributed by atoms with Crippen molar-refractivity contribution in [2.24, 2.45) is 0 Å². The summed E-state index contributed by atoms with van der Waals surface area (Å²) in [5.41, 5.74) is 3.56. The molecule has 0 spiro atoms. The minimum absolute atomic E-state index is 0.0785. The number of carbonyl (C=O) groups is 1. The number of benzene rings is 2. The Balaban J connectivity index is 1.38. The number of carbonyl (C=O) groups excluding carboxylic acids is 1. The molecule has 28 heavy (non-hydrogen) atoms. The van der Waals surface area contributed by atoms with Gasteiger partial charge < -0.3 is 9.64 Å². The van der Waals surface area contributed by atoms with Crippen LogP contribution in [0.4, 0.5) is 0 Å². The van der Waals surface area contributed by atoms with Crippen molar-refractivity contribution in [1.29, 1.82) is 5.26 Å². The predicted molar refractivity (Wildman–Crippen MR) is 108 cm³/mol. The number of rotatable bonds is 3. The zero-order chi connectivity index (χ0) is 19.3. The second-order valence-electron chi connectivity index (χ2n) is 7.23. The van der Waals surface area contributed by atoms with Crippen LogP contribution in [-0.4, -0.2) is 48.5 Å². The van der Waals surface area contributed by atoms with E-state index in [4.69, 9.17) is 10.00 Å². The van der Waals surface area contributed by atoms with Crippen LogP contribution < -0.4 is 4.74 Å². The van der Waals surface area contributed by atoms with Gasteiger partial charge in [-0.2, -0.15) is 5.26 Å². The van der Waals surface area contributed by atoms with Crippen molar-refractivity contribution in [1.82, 2.24) is 9.80 Å². The van der Waals surface area contributed by atoms with E-state index in [0.29, 0.717) is 18.7 Å². The van der Waals surface area contributed by atoms with Crippen LogP contribution in [-0.2, 0) is 11.3 Å². The van der Waals surface area contributed by atoms with Crippen molar-refractivity contribution < 1.29 is 9.53 Å². The third-order valence-electron chi connectivity index (χ3n) is 5.27. The number of fused-ring (bicyclic) bond motifs is 1. The summed E-state index contributed by atoms with van der Waals surface area (Å²) in [6.07, 6.45) is 2.91. The van der Waals surface area contributed by atoms with E-state index in [1.54, 1.807) is 0 Å². The highest BCUT2D eigenvalue weighted by Crippen LogP contribution is 2.26. The summed E-state index contributed by atoms with van der Waals surface area (Å²) in [5.74, 6) is 0.915. The quantitative estimate of drug-likeness (QED) is 0.830. The van der Waals surface area contributed by atoms with E-state index >= 15 is 0 Å². The topological polar surface area (TPSA) is 56.6 Å². The van der Waals surface area contributed by atoms with Crippen molar-refractivity contribution >= 4 is 12.0 Å². The van der Waals surface area contributed by atoms with Crippen molar-refractivity contribution in [3.63, 3.8) is 0 Å². The predicted octanol–water partition coefficient (Wildman–Crippen LogP) is 3.07. The Hall–Kier alpha value is -3.10. The monoisotopic (exact) mass is 373 g/mol. The Morgan fingerprint density at radius 3 is 2.68 bits per heavy atom. The van der Waals surface area contributed by atoms with Gasteiger partial charge in [0.1, 0.15) is 12.4 Å². The lowest BCUT2D eigenvalue weighted by atomic mass is 10.1. The Morgan fingerprint density at radius 2 is 1.86 bits per heavy atom. The van der Waals surface area contributed by atoms with Crippen molar-refractivity contribution in [2.45, 2.75) is 13.0 Å². The smallest absolute Gasteiger partial charge is 0.253 e. The SMILES string of the molecule is N#Cc1ccc(CN2CCCN(C(=O)C3=Cc4ccccc4OC3)CC2)cc1. The third kappa shape index (κ3) is 4.08. The van der Waals surface area contributed by atoms with Gasteiger partial charge in [0, 0.05) is 38.3 Å². The van der Waals surface area contributed by atoms with Crippen LogP contribution in [0.25, 0.3) is 6.08 Å². The molecule has 0 atom stereocenters. The van der Waals surface area contributed by atoms with Gasteiger partial charge in [0.15, 0.2) is 0 Å². The number of nitrogens with zero attached hydrogens (tertiary/aromatic N) is 3. The summed E-state index contributed by atoms with van der Waals surface area (Å²) in [6, 6.07) is 17.7. The fourth-order valence-corrected chi connectivity index (χ4v) is 3.72. The number of para-hydroxylation sites is 1. The molecule has 1 amide bonds. The molecular formula is C23H23N3O2. The molecule has 5 heteroatoms. The molecule has 2 aliphatic heterocycles. The lowest BCUT2D eigenvalue weighted by molar-refractivity contribution is -0.127. The molecule has 0 saturated carbocycles. The van der Waals surface area contributed by atoms with Crippen LogP contribution in [0.5, 0.6) is 5.75 Å². The van der Waals surface area contributed by atoms with Crippen LogP contribution in [0.15, 0.2) is 54.1 Å². The molecule has 5 nitrogen and oxygen atoms in total. The highest BCUT2D eigenvalue weighted by Gasteiger charge is 2.24. The summed E-state index contributed by atoms with van der Waals surface area (Å²) >= 11 is 0. The fraction of sp³-hybridized carbons (Fsp3) is 0.304. The van der Waals surface area contributed by atoms with Gasteiger partial charge in [-0.25, -0.2) is 0 Å². The Morgan fingerprint density at radius 1 is 1.04 bits per heavy atom. The second kappa shape index (κ2) is 8.28. The first-order valence-electron chi connectivity index (χ1n) is 9.66. The van der Waals surface area contributed by atoms with Gasteiger partial charge in [0.25, 0.3) is 5.91 Å². The molecule has 1 saturated heterocycles. The van der Waals surface area contributed by atoms with Crippen LogP contribution in [0, 0.1) is 11.3 Å². The lowest BCUT2D eigenvalue weighted by Gasteiger charge is -2.25. The van der Waals surface area contributed by atoms with Crippen molar-refractivity contribution in [3.05, 3.63) is 70.8 Å². The fourth-order valence-electron chi connectivity index (χ4n) is 3.72. The molecular weight excluding hydrogens is 350 g/mol. The molecule has 0 aromatic heterocycles. The third-order valence-corrected chi connectivity index (χ3v) is 5.27. The van der Waals surface area contributed by atoms with Crippen molar-refractivity contribution in [3.8, 4) is 11.8 Å². The number of nitriles is 1. The van der Waals surface area contributed by atoms with Gasteiger partial charge in [-0.3, -0.25) is 9.69 Å². The lowest BCUT2D eigenvalue weighted by Crippen LogP contribution is -2.37. The van der Waals surface area contributed by atoms with E-state index in [9.17, 15) is 4.79 Å². The van der Waals surface area contributed by atoms with Gasteiger partial charge in [-0.1, -0.05) is 30.3 Å². The Bertz CT molecular complexity index is 928. The molecule has 2 heterocycles. The van der Waals surface area contributed by atoms with Crippen LogP contribution in [0.3, 0.4) is 0 Å². The minimum atomic E-state index is 0.0785. The molecule has 2 aromatic rings. The average Bonchev–Trinajstić information content (AvgIpc) is 2.99. The first-order valence-corrected chi connectivity index (χ1v) is 9.66. The van der Waals surface area contributed by atoms with Gasteiger partial charge in [-0.15, -0.1) is 0 Å². The first kappa shape index (κ1) is 18.3. The molecule has 0 bridgehead atoms. The maximum atomic E-state index is 13.0. The first-order chi connectivity index (χ1) is 13.7. The van der Waals surface area contributed by atoms with E-state index in [0.717, 1.165) is 49.5 Å². The maximum absolute atomic E-state index is 13.0. The van der Waals surface area contributed by atoms with Gasteiger partial charge in [0.2, 0.25) is 0 Å². The van der Waals surface area contributed by atoms with Crippen molar-refractivity contribution in [2.75, 3.05) is 32.8 Å². The normalized spacial score (nSPS) is 17.0. The second-order valence-corrected chi connectivity index (χ2v) is 7.23. The molecule has 2 aromatic carbocycles. The largest absolute Gasteiger partial charge is 0.488 e. The van der Waals surface area contributed by atoms with E-state index < -0.39 is 0 Å². The number of amides is 1. The van der Waals surface area contributed by atoms with Gasteiger partial charge in [0.05, 0.1) is 17.2 Å².